The maximum absolute atomic E-state index is 11.8. The number of imide groups is 1. The van der Waals surface area contributed by atoms with E-state index < -0.39 is 6.10 Å². The molecule has 0 aliphatic carbocycles. The number of aryl methyl sites for hydroxylation is 1. The first-order valence-electron chi connectivity index (χ1n) is 9.29. The summed E-state index contributed by atoms with van der Waals surface area (Å²) in [6, 6.07) is 6.72. The molecule has 1 aromatic carbocycles. The van der Waals surface area contributed by atoms with E-state index >= 15 is 0 Å². The number of rotatable bonds is 5. The molecule has 2 unspecified atom stereocenters. The van der Waals surface area contributed by atoms with Crippen molar-refractivity contribution in [2.45, 2.75) is 58.1 Å². The van der Waals surface area contributed by atoms with Crippen LogP contribution in [-0.2, 0) is 9.59 Å². The molecule has 2 aliphatic rings. The summed E-state index contributed by atoms with van der Waals surface area (Å²) in [4.78, 5) is 27.1. The Labute approximate surface area is 149 Å². The fourth-order valence-corrected chi connectivity index (χ4v) is 4.06. The molecule has 2 atom stereocenters. The predicted molar refractivity (Wildman–Crippen MR) is 96.0 cm³/mol. The van der Waals surface area contributed by atoms with Gasteiger partial charge in [0.05, 0.1) is 12.6 Å². The zero-order valence-electron chi connectivity index (χ0n) is 15.2. The minimum Gasteiger partial charge on any atom is -0.390 e. The molecule has 2 heterocycles. The van der Waals surface area contributed by atoms with Crippen molar-refractivity contribution in [2.75, 3.05) is 19.6 Å². The van der Waals surface area contributed by atoms with Crippen molar-refractivity contribution >= 4 is 11.8 Å². The summed E-state index contributed by atoms with van der Waals surface area (Å²) in [5.41, 5.74) is 3.94. The molecule has 1 aromatic rings. The van der Waals surface area contributed by atoms with Crippen molar-refractivity contribution in [3.8, 4) is 0 Å². The van der Waals surface area contributed by atoms with E-state index in [2.05, 4.69) is 36.9 Å². The van der Waals surface area contributed by atoms with E-state index in [0.717, 1.165) is 19.4 Å². The van der Waals surface area contributed by atoms with Crippen LogP contribution in [0, 0.1) is 13.8 Å². The summed E-state index contributed by atoms with van der Waals surface area (Å²) in [6.45, 7) is 5.85. The number of nitrogens with zero attached hydrogens (tertiary/aromatic N) is 2. The lowest BCUT2D eigenvalue weighted by Crippen LogP contribution is -2.44. The van der Waals surface area contributed by atoms with Crippen LogP contribution in [0.3, 0.4) is 0 Å². The van der Waals surface area contributed by atoms with Gasteiger partial charge in [-0.1, -0.05) is 24.6 Å². The molecule has 5 heteroatoms. The molecule has 2 aliphatic heterocycles. The van der Waals surface area contributed by atoms with E-state index in [-0.39, 0.29) is 31.2 Å². The predicted octanol–water partition coefficient (Wildman–Crippen LogP) is 2.34. The van der Waals surface area contributed by atoms with Crippen LogP contribution >= 0.6 is 0 Å². The topological polar surface area (TPSA) is 60.9 Å². The molecule has 0 bridgehead atoms. The number of likely N-dealkylation sites (tertiary alicyclic amines) is 2. The van der Waals surface area contributed by atoms with Crippen LogP contribution in [0.1, 0.15) is 54.8 Å². The maximum atomic E-state index is 11.8. The molecule has 0 saturated carbocycles. The summed E-state index contributed by atoms with van der Waals surface area (Å²) >= 11 is 0. The third kappa shape index (κ3) is 3.93. The summed E-state index contributed by atoms with van der Waals surface area (Å²) < 4.78 is 0. The van der Waals surface area contributed by atoms with Gasteiger partial charge >= 0.3 is 0 Å². The van der Waals surface area contributed by atoms with Crippen LogP contribution in [0.25, 0.3) is 0 Å². The Bertz CT molecular complexity index is 642. The third-order valence-corrected chi connectivity index (χ3v) is 5.61. The van der Waals surface area contributed by atoms with E-state index in [0.29, 0.717) is 12.6 Å². The Morgan fingerprint density at radius 1 is 1.12 bits per heavy atom. The average molecular weight is 344 g/mol. The summed E-state index contributed by atoms with van der Waals surface area (Å²) in [6.07, 6.45) is 3.25. The van der Waals surface area contributed by atoms with Crippen molar-refractivity contribution < 1.29 is 14.7 Å². The average Bonchev–Trinajstić information content (AvgIpc) is 2.90. The number of benzene rings is 1. The highest BCUT2D eigenvalue weighted by atomic mass is 16.3. The molecule has 25 heavy (non-hydrogen) atoms. The van der Waals surface area contributed by atoms with Crippen LogP contribution in [0.4, 0.5) is 0 Å². The van der Waals surface area contributed by atoms with Crippen molar-refractivity contribution in [2.24, 2.45) is 0 Å². The van der Waals surface area contributed by atoms with Gasteiger partial charge in [-0.15, -0.1) is 0 Å². The second-order valence-corrected chi connectivity index (χ2v) is 7.35. The lowest BCUT2D eigenvalue weighted by Gasteiger charge is -2.38. The number of hydrogen-bond donors (Lipinski definition) is 1. The molecule has 2 saturated heterocycles. The highest BCUT2D eigenvalue weighted by Gasteiger charge is 2.32. The van der Waals surface area contributed by atoms with Crippen molar-refractivity contribution in [1.29, 1.82) is 0 Å². The van der Waals surface area contributed by atoms with E-state index in [4.69, 9.17) is 0 Å². The second-order valence-electron chi connectivity index (χ2n) is 7.35. The Kier molecular flexibility index (Phi) is 5.54. The number of piperidine rings is 1. The van der Waals surface area contributed by atoms with Crippen molar-refractivity contribution in [3.05, 3.63) is 34.9 Å². The molecular formula is C20H28N2O3. The standard InChI is InChI=1S/C20H28N2O3/c1-14-6-5-7-17(15(14)2)18-8-3-4-11-21(18)12-16(23)13-22-19(24)9-10-20(22)25/h5-7,16,18,23H,3-4,8-13H2,1-2H3. The molecule has 2 fully saturated rings. The fourth-order valence-electron chi connectivity index (χ4n) is 4.06. The fraction of sp³-hybridized carbons (Fsp3) is 0.600. The van der Waals surface area contributed by atoms with Crippen LogP contribution in [0.15, 0.2) is 18.2 Å². The van der Waals surface area contributed by atoms with Gasteiger partial charge in [-0.3, -0.25) is 19.4 Å². The lowest BCUT2D eigenvalue weighted by atomic mass is 9.90. The highest BCUT2D eigenvalue weighted by molar-refractivity contribution is 6.01. The Balaban J connectivity index is 1.70. The van der Waals surface area contributed by atoms with Crippen molar-refractivity contribution in [3.63, 3.8) is 0 Å². The van der Waals surface area contributed by atoms with Crippen LogP contribution in [0.5, 0.6) is 0 Å². The first-order valence-corrected chi connectivity index (χ1v) is 9.29. The van der Waals surface area contributed by atoms with Gasteiger partial charge in [0, 0.05) is 25.4 Å². The van der Waals surface area contributed by atoms with E-state index in [1.807, 2.05) is 0 Å². The largest absolute Gasteiger partial charge is 0.390 e. The van der Waals surface area contributed by atoms with Crippen LogP contribution < -0.4 is 0 Å². The van der Waals surface area contributed by atoms with Gasteiger partial charge in [0.15, 0.2) is 0 Å². The van der Waals surface area contributed by atoms with Crippen LogP contribution in [0.2, 0.25) is 0 Å². The SMILES string of the molecule is Cc1cccc(C2CCCCN2CC(O)CN2C(=O)CCC2=O)c1C. The van der Waals surface area contributed by atoms with Gasteiger partial charge in [-0.05, 0) is 49.9 Å². The van der Waals surface area contributed by atoms with Gasteiger partial charge in [0.25, 0.3) is 0 Å². The molecule has 136 valence electrons. The number of aliphatic hydroxyl groups excluding tert-OH is 1. The van der Waals surface area contributed by atoms with Crippen molar-refractivity contribution in [1.82, 2.24) is 9.80 Å². The molecule has 2 amide bonds. The normalized spacial score (nSPS) is 23.3. The van der Waals surface area contributed by atoms with Gasteiger partial charge in [-0.25, -0.2) is 0 Å². The van der Waals surface area contributed by atoms with Crippen LogP contribution in [-0.4, -0.2) is 52.5 Å². The number of amides is 2. The minimum absolute atomic E-state index is 0.119. The lowest BCUT2D eigenvalue weighted by molar-refractivity contribution is -0.140. The summed E-state index contributed by atoms with van der Waals surface area (Å²) in [7, 11) is 0. The number of carbonyl (C=O) groups is 2. The maximum Gasteiger partial charge on any atom is 0.229 e. The number of hydrogen-bond acceptors (Lipinski definition) is 4. The Morgan fingerprint density at radius 2 is 1.84 bits per heavy atom. The molecule has 0 spiro atoms. The molecule has 1 N–H and O–H groups in total. The first-order chi connectivity index (χ1) is 12.0. The zero-order valence-corrected chi connectivity index (χ0v) is 15.2. The summed E-state index contributed by atoms with van der Waals surface area (Å²) in [5.74, 6) is -0.317. The van der Waals surface area contributed by atoms with Gasteiger partial charge in [-0.2, -0.15) is 0 Å². The number of aliphatic hydroxyl groups is 1. The monoisotopic (exact) mass is 344 g/mol. The van der Waals surface area contributed by atoms with Gasteiger partial charge in [0.1, 0.15) is 0 Å². The number of β-amino-alcohol motifs (C(OH)–C–C–N with tert-alkyl or cyclic N) is 1. The second kappa shape index (κ2) is 7.67. The van der Waals surface area contributed by atoms with Gasteiger partial charge < -0.3 is 5.11 Å². The molecule has 5 nitrogen and oxygen atoms in total. The summed E-state index contributed by atoms with van der Waals surface area (Å²) in [5, 5.41) is 10.5. The molecular weight excluding hydrogens is 316 g/mol. The molecule has 0 radical (unpaired) electrons. The zero-order chi connectivity index (χ0) is 18.0. The Hall–Kier alpha value is -1.72. The van der Waals surface area contributed by atoms with E-state index in [1.165, 1.54) is 28.0 Å². The Morgan fingerprint density at radius 3 is 2.56 bits per heavy atom. The number of carbonyl (C=O) groups excluding carboxylic acids is 2. The molecule has 3 rings (SSSR count). The van der Waals surface area contributed by atoms with E-state index in [9.17, 15) is 14.7 Å². The van der Waals surface area contributed by atoms with Gasteiger partial charge in [0.2, 0.25) is 11.8 Å². The quantitative estimate of drug-likeness (QED) is 0.833. The molecule has 0 aromatic heterocycles. The highest BCUT2D eigenvalue weighted by Crippen LogP contribution is 2.33. The van der Waals surface area contributed by atoms with E-state index in [1.54, 1.807) is 0 Å². The first kappa shape index (κ1) is 18.1. The minimum atomic E-state index is -0.697. The smallest absolute Gasteiger partial charge is 0.229 e. The third-order valence-electron chi connectivity index (χ3n) is 5.61.